The van der Waals surface area contributed by atoms with Gasteiger partial charge in [-0.15, -0.1) is 0 Å². The van der Waals surface area contributed by atoms with Gasteiger partial charge in [0.1, 0.15) is 6.61 Å². The Bertz CT molecular complexity index is 207. The summed E-state index contributed by atoms with van der Waals surface area (Å²) in [7, 11) is 4.02. The van der Waals surface area contributed by atoms with Gasteiger partial charge in [-0.05, 0) is 26.9 Å². The Balaban J connectivity index is 3.44. The molecule has 0 fully saturated rings. The predicted octanol–water partition coefficient (Wildman–Crippen LogP) is 1.98. The molecule has 0 bridgehead atoms. The maximum atomic E-state index is 11.8. The molecule has 0 rings (SSSR count). The van der Waals surface area contributed by atoms with Crippen molar-refractivity contribution in [1.82, 2.24) is 4.90 Å². The first kappa shape index (κ1) is 17.6. The number of hydrogen-bond acceptors (Lipinski definition) is 4. The molecule has 0 aliphatic carbocycles. The third-order valence-electron chi connectivity index (χ3n) is 2.88. The molecule has 0 N–H and O–H groups in total. The van der Waals surface area contributed by atoms with Crippen LogP contribution in [-0.2, 0) is 14.3 Å². The van der Waals surface area contributed by atoms with Crippen LogP contribution in [0.3, 0.4) is 0 Å². The summed E-state index contributed by atoms with van der Waals surface area (Å²) in [4.78, 5) is 13.8. The Kier molecular flexibility index (Phi) is 11.3. The highest BCUT2D eigenvalue weighted by Gasteiger charge is 2.14. The fourth-order valence-corrected chi connectivity index (χ4v) is 1.70. The number of carbonyl (C=O) groups is 1. The molecule has 0 heterocycles. The second-order valence-electron chi connectivity index (χ2n) is 4.83. The number of ether oxygens (including phenoxy) is 2. The van der Waals surface area contributed by atoms with Gasteiger partial charge in [0.2, 0.25) is 0 Å². The van der Waals surface area contributed by atoms with Gasteiger partial charge >= 0.3 is 0 Å². The SMILES string of the molecule is CCCC(CC)C(=O)COCCOCCN(C)C. The zero-order valence-electron chi connectivity index (χ0n) is 12.4. The predicted molar refractivity (Wildman–Crippen MR) is 73.9 cm³/mol. The maximum absolute atomic E-state index is 11.8. The van der Waals surface area contributed by atoms with Crippen molar-refractivity contribution >= 4 is 5.78 Å². The fourth-order valence-electron chi connectivity index (χ4n) is 1.70. The van der Waals surface area contributed by atoms with Crippen LogP contribution in [0.5, 0.6) is 0 Å². The Morgan fingerprint density at radius 1 is 1.11 bits per heavy atom. The molecular formula is C14H29NO3. The summed E-state index contributed by atoms with van der Waals surface area (Å²) in [6.45, 7) is 7.08. The number of likely N-dealkylation sites (N-methyl/N-ethyl adjacent to an activating group) is 1. The summed E-state index contributed by atoms with van der Waals surface area (Å²) >= 11 is 0. The van der Waals surface area contributed by atoms with Crippen LogP contribution in [0.1, 0.15) is 33.1 Å². The summed E-state index contributed by atoms with van der Waals surface area (Å²) in [6, 6.07) is 0. The molecule has 4 nitrogen and oxygen atoms in total. The molecule has 0 aliphatic heterocycles. The monoisotopic (exact) mass is 259 g/mol. The van der Waals surface area contributed by atoms with E-state index in [1.54, 1.807) is 0 Å². The average Bonchev–Trinajstić information content (AvgIpc) is 2.34. The van der Waals surface area contributed by atoms with Crippen LogP contribution >= 0.6 is 0 Å². The van der Waals surface area contributed by atoms with Gasteiger partial charge in [0.15, 0.2) is 5.78 Å². The highest BCUT2D eigenvalue weighted by atomic mass is 16.5. The third-order valence-corrected chi connectivity index (χ3v) is 2.88. The summed E-state index contributed by atoms with van der Waals surface area (Å²) in [5.41, 5.74) is 0. The van der Waals surface area contributed by atoms with Crippen molar-refractivity contribution < 1.29 is 14.3 Å². The van der Waals surface area contributed by atoms with Crippen LogP contribution in [0.15, 0.2) is 0 Å². The normalized spacial score (nSPS) is 12.9. The van der Waals surface area contributed by atoms with Gasteiger partial charge in [-0.3, -0.25) is 4.79 Å². The Labute approximate surface area is 112 Å². The van der Waals surface area contributed by atoms with Crippen molar-refractivity contribution in [3.63, 3.8) is 0 Å². The lowest BCUT2D eigenvalue weighted by Crippen LogP contribution is -2.22. The topological polar surface area (TPSA) is 38.8 Å². The number of Topliss-reactive ketones (excluding diaryl/α,β-unsaturated/α-hetero) is 1. The van der Waals surface area contributed by atoms with E-state index in [1.165, 1.54) is 0 Å². The van der Waals surface area contributed by atoms with Gasteiger partial charge in [0.25, 0.3) is 0 Å². The first-order valence-electron chi connectivity index (χ1n) is 6.94. The van der Waals surface area contributed by atoms with Crippen LogP contribution in [0.4, 0.5) is 0 Å². The van der Waals surface area contributed by atoms with E-state index in [0.29, 0.717) is 19.8 Å². The molecule has 0 saturated carbocycles. The van der Waals surface area contributed by atoms with Crippen molar-refractivity contribution in [3.8, 4) is 0 Å². The smallest absolute Gasteiger partial charge is 0.161 e. The van der Waals surface area contributed by atoms with Crippen molar-refractivity contribution in [3.05, 3.63) is 0 Å². The van der Waals surface area contributed by atoms with E-state index in [1.807, 2.05) is 14.1 Å². The third kappa shape index (κ3) is 9.57. The first-order valence-corrected chi connectivity index (χ1v) is 6.94. The van der Waals surface area contributed by atoms with Crippen LogP contribution < -0.4 is 0 Å². The van der Waals surface area contributed by atoms with Gasteiger partial charge in [0, 0.05) is 12.5 Å². The molecule has 1 atom stereocenters. The number of ketones is 1. The molecule has 0 spiro atoms. The van der Waals surface area contributed by atoms with Gasteiger partial charge in [-0.1, -0.05) is 20.3 Å². The second-order valence-corrected chi connectivity index (χ2v) is 4.83. The summed E-state index contributed by atoms with van der Waals surface area (Å²) in [6.07, 6.45) is 2.94. The summed E-state index contributed by atoms with van der Waals surface area (Å²) in [5, 5.41) is 0. The Hall–Kier alpha value is -0.450. The maximum Gasteiger partial charge on any atom is 0.161 e. The average molecular weight is 259 g/mol. The highest BCUT2D eigenvalue weighted by Crippen LogP contribution is 2.11. The quantitative estimate of drug-likeness (QED) is 0.502. The minimum atomic E-state index is 0.171. The van der Waals surface area contributed by atoms with E-state index in [2.05, 4.69) is 18.7 Å². The second kappa shape index (κ2) is 11.6. The van der Waals surface area contributed by atoms with E-state index >= 15 is 0 Å². The molecule has 0 aromatic heterocycles. The largest absolute Gasteiger partial charge is 0.378 e. The molecule has 0 aliphatic rings. The van der Waals surface area contributed by atoms with Crippen LogP contribution in [0, 0.1) is 5.92 Å². The molecule has 0 aromatic carbocycles. The fraction of sp³-hybridized carbons (Fsp3) is 0.929. The molecule has 108 valence electrons. The van der Waals surface area contributed by atoms with E-state index in [9.17, 15) is 4.79 Å². The minimum Gasteiger partial charge on any atom is -0.378 e. The number of carbonyl (C=O) groups excluding carboxylic acids is 1. The lowest BCUT2D eigenvalue weighted by molar-refractivity contribution is -0.128. The summed E-state index contributed by atoms with van der Waals surface area (Å²) in [5.74, 6) is 0.400. The molecule has 4 heteroatoms. The molecule has 1 unspecified atom stereocenters. The van der Waals surface area contributed by atoms with Gasteiger partial charge in [-0.25, -0.2) is 0 Å². The van der Waals surface area contributed by atoms with Crippen molar-refractivity contribution in [2.24, 2.45) is 5.92 Å². The highest BCUT2D eigenvalue weighted by molar-refractivity contribution is 5.82. The van der Waals surface area contributed by atoms with E-state index in [-0.39, 0.29) is 18.3 Å². The zero-order chi connectivity index (χ0) is 13.8. The van der Waals surface area contributed by atoms with Crippen molar-refractivity contribution in [2.75, 3.05) is 47.1 Å². The van der Waals surface area contributed by atoms with E-state index in [0.717, 1.165) is 25.8 Å². The van der Waals surface area contributed by atoms with Crippen molar-refractivity contribution in [2.45, 2.75) is 33.1 Å². The van der Waals surface area contributed by atoms with E-state index < -0.39 is 0 Å². The first-order chi connectivity index (χ1) is 8.61. The molecule has 0 radical (unpaired) electrons. The van der Waals surface area contributed by atoms with Gasteiger partial charge in [0.05, 0.1) is 19.8 Å². The molecule has 0 amide bonds. The number of rotatable bonds is 12. The van der Waals surface area contributed by atoms with Gasteiger partial charge in [-0.2, -0.15) is 0 Å². The Morgan fingerprint density at radius 3 is 2.33 bits per heavy atom. The summed E-state index contributed by atoms with van der Waals surface area (Å²) < 4.78 is 10.7. The molecular weight excluding hydrogens is 230 g/mol. The zero-order valence-corrected chi connectivity index (χ0v) is 12.4. The van der Waals surface area contributed by atoms with Crippen LogP contribution in [-0.4, -0.2) is 57.8 Å². The lowest BCUT2D eigenvalue weighted by atomic mass is 9.96. The minimum absolute atomic E-state index is 0.171. The van der Waals surface area contributed by atoms with Crippen LogP contribution in [0.25, 0.3) is 0 Å². The molecule has 0 aromatic rings. The standard InChI is InChI=1S/C14H29NO3/c1-5-7-13(6-2)14(16)12-18-11-10-17-9-8-15(3)4/h13H,5-12H2,1-4H3. The number of hydrogen-bond donors (Lipinski definition) is 0. The van der Waals surface area contributed by atoms with Crippen molar-refractivity contribution in [1.29, 1.82) is 0 Å². The molecule has 0 saturated heterocycles. The van der Waals surface area contributed by atoms with E-state index in [4.69, 9.17) is 9.47 Å². The lowest BCUT2D eigenvalue weighted by Gasteiger charge is -2.13. The van der Waals surface area contributed by atoms with Crippen LogP contribution in [0.2, 0.25) is 0 Å². The molecule has 18 heavy (non-hydrogen) atoms. The number of nitrogens with zero attached hydrogens (tertiary/aromatic N) is 1. The van der Waals surface area contributed by atoms with Gasteiger partial charge < -0.3 is 14.4 Å². The Morgan fingerprint density at radius 2 is 1.78 bits per heavy atom.